The van der Waals surface area contributed by atoms with Crippen LogP contribution in [0.5, 0.6) is 5.75 Å². The Bertz CT molecular complexity index is 931. The molecular weight excluding hydrogens is 437 g/mol. The van der Waals surface area contributed by atoms with E-state index in [0.717, 1.165) is 16.9 Å². The smallest absolute Gasteiger partial charge is 0.123 e. The van der Waals surface area contributed by atoms with Crippen molar-refractivity contribution in [2.75, 3.05) is 7.11 Å². The van der Waals surface area contributed by atoms with Gasteiger partial charge >= 0.3 is 0 Å². The Morgan fingerprint density at radius 3 is 2.62 bits per heavy atom. The number of benzene rings is 2. The Morgan fingerprint density at radius 1 is 1.12 bits per heavy atom. The van der Waals surface area contributed by atoms with Crippen molar-refractivity contribution < 1.29 is 4.74 Å². The molecule has 0 radical (unpaired) electrons. The molecule has 3 aromatic rings. The summed E-state index contributed by atoms with van der Waals surface area (Å²) < 4.78 is 8.86. The molecule has 0 aliphatic heterocycles. The van der Waals surface area contributed by atoms with Gasteiger partial charge in [-0.15, -0.1) is 0 Å². The second kappa shape index (κ2) is 8.40. The largest absolute Gasteiger partial charge is 0.496 e. The molecule has 0 unspecified atom stereocenters. The summed E-state index contributed by atoms with van der Waals surface area (Å²) >= 11 is 2.38. The Kier molecular flexibility index (Phi) is 5.98. The number of hydrogen-bond donors (Lipinski definition) is 1. The minimum absolute atomic E-state index is 0.621. The van der Waals surface area contributed by atoms with E-state index < -0.39 is 0 Å². The average molecular weight is 459 g/mol. The van der Waals surface area contributed by atoms with Crippen LogP contribution in [-0.2, 0) is 6.54 Å². The molecule has 1 N–H and O–H groups in total. The first-order valence-electron chi connectivity index (χ1n) is 8.43. The van der Waals surface area contributed by atoms with E-state index >= 15 is 0 Å². The van der Waals surface area contributed by atoms with Crippen molar-refractivity contribution in [3.63, 3.8) is 0 Å². The molecular formula is C21H22IN3O. The molecule has 0 atom stereocenters. The zero-order valence-electron chi connectivity index (χ0n) is 15.2. The van der Waals surface area contributed by atoms with Gasteiger partial charge in [0.1, 0.15) is 5.75 Å². The molecule has 1 heterocycles. The summed E-state index contributed by atoms with van der Waals surface area (Å²) in [6.07, 6.45) is 1.88. The molecule has 0 amide bonds. The molecule has 0 fully saturated rings. The molecule has 0 saturated heterocycles. The number of aryl methyl sites for hydroxylation is 1. The second-order valence-electron chi connectivity index (χ2n) is 6.02. The van der Waals surface area contributed by atoms with Crippen LogP contribution < -0.4 is 10.2 Å². The van der Waals surface area contributed by atoms with Crippen molar-refractivity contribution in [1.29, 1.82) is 0 Å². The van der Waals surface area contributed by atoms with Gasteiger partial charge in [-0.25, -0.2) is 0 Å². The lowest BCUT2D eigenvalue weighted by atomic mass is 10.2. The van der Waals surface area contributed by atoms with Gasteiger partial charge in [0.25, 0.3) is 0 Å². The predicted octanol–water partition coefficient (Wildman–Crippen LogP) is 4.83. The van der Waals surface area contributed by atoms with Crippen LogP contribution in [0.4, 0.5) is 0 Å². The van der Waals surface area contributed by atoms with Gasteiger partial charge in [0.2, 0.25) is 0 Å². The third-order valence-corrected chi connectivity index (χ3v) is 5.23. The number of ether oxygens (including phenoxy) is 1. The molecule has 3 rings (SSSR count). The first kappa shape index (κ1) is 18.5. The van der Waals surface area contributed by atoms with Crippen LogP contribution in [0.1, 0.15) is 22.5 Å². The molecule has 134 valence electrons. The molecule has 2 aromatic carbocycles. The monoisotopic (exact) mass is 459 g/mol. The predicted molar refractivity (Wildman–Crippen MR) is 115 cm³/mol. The minimum atomic E-state index is 0.621. The summed E-state index contributed by atoms with van der Waals surface area (Å²) in [6, 6.07) is 18.5. The zero-order chi connectivity index (χ0) is 18.5. The van der Waals surface area contributed by atoms with Gasteiger partial charge in [0.05, 0.1) is 25.6 Å². The number of aromatic nitrogens is 1. The third-order valence-electron chi connectivity index (χ3n) is 4.32. The van der Waals surface area contributed by atoms with E-state index in [9.17, 15) is 0 Å². The highest BCUT2D eigenvalue weighted by Gasteiger charge is 2.11. The summed E-state index contributed by atoms with van der Waals surface area (Å²) in [6.45, 7) is 4.86. The van der Waals surface area contributed by atoms with E-state index in [1.807, 2.05) is 30.5 Å². The highest BCUT2D eigenvalue weighted by atomic mass is 127. The first-order valence-corrected chi connectivity index (χ1v) is 9.51. The van der Waals surface area contributed by atoms with Gasteiger partial charge in [0.15, 0.2) is 0 Å². The number of hydrogen-bond acceptors (Lipinski definition) is 3. The molecule has 0 spiro atoms. The molecule has 5 heteroatoms. The maximum absolute atomic E-state index is 5.36. The van der Waals surface area contributed by atoms with Crippen LogP contribution in [0.25, 0.3) is 5.69 Å². The molecule has 1 aromatic heterocycles. The lowest BCUT2D eigenvalue weighted by molar-refractivity contribution is 0.408. The number of hydrazone groups is 1. The van der Waals surface area contributed by atoms with Gasteiger partial charge in [-0.05, 0) is 60.7 Å². The number of halogens is 1. The van der Waals surface area contributed by atoms with Crippen molar-refractivity contribution in [3.05, 3.63) is 80.7 Å². The van der Waals surface area contributed by atoms with Crippen LogP contribution in [0.2, 0.25) is 0 Å². The first-order chi connectivity index (χ1) is 12.6. The van der Waals surface area contributed by atoms with Gasteiger partial charge in [-0.3, -0.25) is 0 Å². The molecule has 0 aliphatic carbocycles. The number of para-hydroxylation sites is 2. The number of nitrogens with zero attached hydrogens (tertiary/aromatic N) is 2. The Balaban J connectivity index is 1.76. The summed E-state index contributed by atoms with van der Waals surface area (Å²) in [7, 11) is 1.68. The standard InChI is InChI=1S/C21H22IN3O/c1-15-12-18(16(2)25(15)20-10-6-5-9-19(20)22)14-24-23-13-17-8-4-7-11-21(17)26-3/h4-12,14,23H,13H2,1-3H3/b24-14+. The Hall–Kier alpha value is -2.28. The van der Waals surface area contributed by atoms with Gasteiger partial charge in [0, 0.05) is 26.1 Å². The molecule has 0 saturated carbocycles. The minimum Gasteiger partial charge on any atom is -0.496 e. The van der Waals surface area contributed by atoms with E-state index in [2.05, 4.69) is 81.9 Å². The summed E-state index contributed by atoms with van der Waals surface area (Å²) in [5, 5.41) is 4.40. The van der Waals surface area contributed by atoms with Crippen LogP contribution in [0, 0.1) is 17.4 Å². The normalized spacial score (nSPS) is 11.1. The Morgan fingerprint density at radius 2 is 1.85 bits per heavy atom. The van der Waals surface area contributed by atoms with Gasteiger partial charge in [-0.2, -0.15) is 5.10 Å². The van der Waals surface area contributed by atoms with E-state index in [-0.39, 0.29) is 0 Å². The van der Waals surface area contributed by atoms with Gasteiger partial charge in [-0.1, -0.05) is 30.3 Å². The maximum Gasteiger partial charge on any atom is 0.123 e. The lowest BCUT2D eigenvalue weighted by Gasteiger charge is -2.11. The van der Waals surface area contributed by atoms with Crippen molar-refractivity contribution in [2.45, 2.75) is 20.4 Å². The van der Waals surface area contributed by atoms with E-state index in [4.69, 9.17) is 4.74 Å². The molecule has 0 bridgehead atoms. The van der Waals surface area contributed by atoms with Crippen molar-refractivity contribution >= 4 is 28.8 Å². The average Bonchev–Trinajstić information content (AvgIpc) is 2.93. The fourth-order valence-electron chi connectivity index (χ4n) is 3.02. The fraction of sp³-hybridized carbons (Fsp3) is 0.190. The lowest BCUT2D eigenvalue weighted by Crippen LogP contribution is -2.07. The van der Waals surface area contributed by atoms with Crippen LogP contribution in [0.15, 0.2) is 59.7 Å². The van der Waals surface area contributed by atoms with Crippen LogP contribution >= 0.6 is 22.6 Å². The summed E-state index contributed by atoms with van der Waals surface area (Å²) in [5.41, 5.74) is 8.86. The summed E-state index contributed by atoms with van der Waals surface area (Å²) in [5.74, 6) is 0.868. The zero-order valence-corrected chi connectivity index (χ0v) is 17.3. The van der Waals surface area contributed by atoms with Crippen LogP contribution in [-0.4, -0.2) is 17.9 Å². The van der Waals surface area contributed by atoms with E-state index in [0.29, 0.717) is 6.54 Å². The fourth-order valence-corrected chi connectivity index (χ4v) is 3.65. The Labute approximate surface area is 168 Å². The number of nitrogens with one attached hydrogen (secondary N) is 1. The number of rotatable bonds is 6. The summed E-state index contributed by atoms with van der Waals surface area (Å²) in [4.78, 5) is 0. The van der Waals surface area contributed by atoms with Crippen molar-refractivity contribution in [1.82, 2.24) is 9.99 Å². The highest BCUT2D eigenvalue weighted by Crippen LogP contribution is 2.23. The number of methoxy groups -OCH3 is 1. The quantitative estimate of drug-likeness (QED) is 0.326. The highest BCUT2D eigenvalue weighted by molar-refractivity contribution is 14.1. The third kappa shape index (κ3) is 3.93. The molecule has 0 aliphatic rings. The SMILES string of the molecule is COc1ccccc1CN/N=C/c1cc(C)n(-c2ccccc2I)c1C. The van der Waals surface area contributed by atoms with Crippen molar-refractivity contribution in [3.8, 4) is 11.4 Å². The van der Waals surface area contributed by atoms with E-state index in [1.54, 1.807) is 7.11 Å². The molecule has 26 heavy (non-hydrogen) atoms. The van der Waals surface area contributed by atoms with Crippen LogP contribution in [0.3, 0.4) is 0 Å². The topological polar surface area (TPSA) is 38.5 Å². The van der Waals surface area contributed by atoms with Gasteiger partial charge < -0.3 is 14.7 Å². The molecule has 4 nitrogen and oxygen atoms in total. The second-order valence-corrected chi connectivity index (χ2v) is 7.18. The van der Waals surface area contributed by atoms with E-state index in [1.165, 1.54) is 20.6 Å². The maximum atomic E-state index is 5.36. The van der Waals surface area contributed by atoms with Crippen molar-refractivity contribution in [2.24, 2.45) is 5.10 Å².